The van der Waals surface area contributed by atoms with Gasteiger partial charge in [0, 0.05) is 5.56 Å². The molecule has 1 atom stereocenters. The number of ketones is 1. The number of fused-ring (bicyclic) bond motifs is 1. The largest absolute Gasteiger partial charge is 0.493 e. The molecular formula is C18H19NO5S. The molecule has 1 aliphatic rings. The van der Waals surface area contributed by atoms with Crippen molar-refractivity contribution in [2.75, 3.05) is 13.7 Å². The Morgan fingerprint density at radius 1 is 1.20 bits per heavy atom. The Balaban J connectivity index is 1.76. The highest BCUT2D eigenvalue weighted by atomic mass is 32.2. The van der Waals surface area contributed by atoms with Crippen molar-refractivity contribution in [3.63, 3.8) is 0 Å². The van der Waals surface area contributed by atoms with Gasteiger partial charge < -0.3 is 9.47 Å². The van der Waals surface area contributed by atoms with Crippen LogP contribution in [0.3, 0.4) is 0 Å². The van der Waals surface area contributed by atoms with Crippen LogP contribution in [0.25, 0.3) is 0 Å². The lowest BCUT2D eigenvalue weighted by molar-refractivity contribution is 0.101. The average Bonchev–Trinajstić information content (AvgIpc) is 2.60. The molecule has 3 rings (SSSR count). The summed E-state index contributed by atoms with van der Waals surface area (Å²) in [7, 11) is -2.13. The zero-order valence-electron chi connectivity index (χ0n) is 14.0. The second kappa shape index (κ2) is 6.85. The van der Waals surface area contributed by atoms with Crippen molar-refractivity contribution in [3.8, 4) is 11.5 Å². The molecule has 2 aromatic rings. The lowest BCUT2D eigenvalue weighted by Crippen LogP contribution is -2.42. The summed E-state index contributed by atoms with van der Waals surface area (Å²) in [6.07, 6.45) is 0.511. The van der Waals surface area contributed by atoms with Gasteiger partial charge in [-0.2, -0.15) is 0 Å². The van der Waals surface area contributed by atoms with Gasteiger partial charge in [-0.05, 0) is 37.1 Å². The molecule has 0 unspecified atom stereocenters. The predicted octanol–water partition coefficient (Wildman–Crippen LogP) is 2.18. The highest BCUT2D eigenvalue weighted by Crippen LogP contribution is 2.34. The molecule has 6 nitrogen and oxygen atoms in total. The maximum absolute atomic E-state index is 12.5. The summed E-state index contributed by atoms with van der Waals surface area (Å²) in [6, 6.07) is 11.0. The number of benzene rings is 2. The summed E-state index contributed by atoms with van der Waals surface area (Å²) in [5, 5.41) is 0. The van der Waals surface area contributed by atoms with Crippen molar-refractivity contribution < 1.29 is 22.7 Å². The fourth-order valence-electron chi connectivity index (χ4n) is 2.79. The molecule has 0 saturated carbocycles. The molecule has 0 radical (unpaired) electrons. The lowest BCUT2D eigenvalue weighted by Gasteiger charge is -2.27. The Morgan fingerprint density at radius 2 is 1.92 bits per heavy atom. The molecule has 0 fully saturated rings. The van der Waals surface area contributed by atoms with Gasteiger partial charge in [0.1, 0.15) is 6.61 Å². The molecule has 0 aliphatic carbocycles. The van der Waals surface area contributed by atoms with Crippen molar-refractivity contribution in [3.05, 3.63) is 53.6 Å². The second-order valence-electron chi connectivity index (χ2n) is 5.86. The van der Waals surface area contributed by atoms with Crippen molar-refractivity contribution in [1.82, 2.24) is 4.72 Å². The van der Waals surface area contributed by atoms with Gasteiger partial charge in [0.2, 0.25) is 10.0 Å². The Labute approximate surface area is 146 Å². The van der Waals surface area contributed by atoms with Crippen molar-refractivity contribution in [2.45, 2.75) is 24.3 Å². The normalized spacial score (nSPS) is 16.6. The number of sulfonamides is 1. The summed E-state index contributed by atoms with van der Waals surface area (Å²) >= 11 is 0. The van der Waals surface area contributed by atoms with Crippen LogP contribution in [0.2, 0.25) is 0 Å². The topological polar surface area (TPSA) is 81.7 Å². The number of hydrogen-bond acceptors (Lipinski definition) is 5. The molecule has 0 spiro atoms. The van der Waals surface area contributed by atoms with Gasteiger partial charge >= 0.3 is 0 Å². The molecule has 0 aromatic heterocycles. The number of nitrogens with one attached hydrogen (secondary N) is 1. The van der Waals surface area contributed by atoms with E-state index in [9.17, 15) is 13.2 Å². The van der Waals surface area contributed by atoms with Crippen LogP contribution in [0.4, 0.5) is 0 Å². The van der Waals surface area contributed by atoms with E-state index in [-0.39, 0.29) is 23.3 Å². The molecule has 0 saturated heterocycles. The van der Waals surface area contributed by atoms with E-state index in [0.29, 0.717) is 23.5 Å². The van der Waals surface area contributed by atoms with Crippen LogP contribution >= 0.6 is 0 Å². The third-order valence-electron chi connectivity index (χ3n) is 4.07. The first-order valence-corrected chi connectivity index (χ1v) is 9.31. The summed E-state index contributed by atoms with van der Waals surface area (Å²) < 4.78 is 38.7. The summed E-state index contributed by atoms with van der Waals surface area (Å²) in [5.41, 5.74) is 1.37. The summed E-state index contributed by atoms with van der Waals surface area (Å²) in [5.74, 6) is 1.19. The summed E-state index contributed by atoms with van der Waals surface area (Å²) in [6.45, 7) is 1.66. The predicted molar refractivity (Wildman–Crippen MR) is 92.7 cm³/mol. The summed E-state index contributed by atoms with van der Waals surface area (Å²) in [4.78, 5) is 11.4. The number of methoxy groups -OCH3 is 1. The number of rotatable bonds is 5. The van der Waals surface area contributed by atoms with Gasteiger partial charge in [-0.15, -0.1) is 0 Å². The van der Waals surface area contributed by atoms with Gasteiger partial charge in [0.15, 0.2) is 17.3 Å². The molecule has 1 heterocycles. The first-order chi connectivity index (χ1) is 11.9. The number of para-hydroxylation sites is 1. The molecule has 132 valence electrons. The third kappa shape index (κ3) is 3.67. The Hall–Kier alpha value is -2.38. The SMILES string of the molecule is COc1cccc2c1OC[C@H](NS(=O)(=O)c1ccc(C(C)=O)cc1)C2. The zero-order chi connectivity index (χ0) is 18.0. The number of carbonyl (C=O) groups excluding carboxylic acids is 1. The van der Waals surface area contributed by atoms with E-state index in [1.54, 1.807) is 13.2 Å². The number of carbonyl (C=O) groups is 1. The van der Waals surface area contributed by atoms with Crippen LogP contribution in [-0.2, 0) is 16.4 Å². The Bertz CT molecular complexity index is 890. The number of Topliss-reactive ketones (excluding diaryl/α,β-unsaturated/α-hetero) is 1. The van der Waals surface area contributed by atoms with Crippen LogP contribution in [0.1, 0.15) is 22.8 Å². The average molecular weight is 361 g/mol. The van der Waals surface area contributed by atoms with Gasteiger partial charge in [0.25, 0.3) is 0 Å². The first-order valence-electron chi connectivity index (χ1n) is 7.82. The third-order valence-corrected chi connectivity index (χ3v) is 5.60. The van der Waals surface area contributed by atoms with E-state index in [1.807, 2.05) is 12.1 Å². The van der Waals surface area contributed by atoms with Gasteiger partial charge in [-0.25, -0.2) is 13.1 Å². The zero-order valence-corrected chi connectivity index (χ0v) is 14.8. The molecule has 0 bridgehead atoms. The molecule has 1 N–H and O–H groups in total. The lowest BCUT2D eigenvalue weighted by atomic mass is 10.0. The van der Waals surface area contributed by atoms with Gasteiger partial charge in [-0.1, -0.05) is 24.3 Å². The van der Waals surface area contributed by atoms with Crippen LogP contribution in [0, 0.1) is 0 Å². The maximum atomic E-state index is 12.5. The van der Waals surface area contributed by atoms with E-state index in [4.69, 9.17) is 9.47 Å². The quantitative estimate of drug-likeness (QED) is 0.826. The van der Waals surface area contributed by atoms with E-state index < -0.39 is 10.0 Å². The monoisotopic (exact) mass is 361 g/mol. The number of hydrogen-bond donors (Lipinski definition) is 1. The van der Waals surface area contributed by atoms with Gasteiger partial charge in [0.05, 0.1) is 18.0 Å². The smallest absolute Gasteiger partial charge is 0.240 e. The Morgan fingerprint density at radius 3 is 2.56 bits per heavy atom. The minimum atomic E-state index is -3.69. The minimum absolute atomic E-state index is 0.108. The molecule has 1 aliphatic heterocycles. The minimum Gasteiger partial charge on any atom is -0.493 e. The Kier molecular flexibility index (Phi) is 4.78. The van der Waals surface area contributed by atoms with E-state index >= 15 is 0 Å². The van der Waals surface area contributed by atoms with E-state index in [2.05, 4.69) is 4.72 Å². The fourth-order valence-corrected chi connectivity index (χ4v) is 4.01. The van der Waals surface area contributed by atoms with Crippen molar-refractivity contribution in [1.29, 1.82) is 0 Å². The second-order valence-corrected chi connectivity index (χ2v) is 7.58. The first kappa shape index (κ1) is 17.4. The van der Waals surface area contributed by atoms with Crippen LogP contribution in [0.5, 0.6) is 11.5 Å². The maximum Gasteiger partial charge on any atom is 0.240 e. The van der Waals surface area contributed by atoms with Crippen molar-refractivity contribution in [2.24, 2.45) is 0 Å². The molecule has 7 heteroatoms. The fraction of sp³-hybridized carbons (Fsp3) is 0.278. The molecule has 0 amide bonds. The van der Waals surface area contributed by atoms with E-state index in [1.165, 1.54) is 31.2 Å². The van der Waals surface area contributed by atoms with Crippen molar-refractivity contribution >= 4 is 15.8 Å². The standard InChI is InChI=1S/C18H19NO5S/c1-12(20)13-6-8-16(9-7-13)25(21,22)19-15-10-14-4-3-5-17(23-2)18(14)24-11-15/h3-9,15,19H,10-11H2,1-2H3/t15-/m1/s1. The number of ether oxygens (including phenoxy) is 2. The van der Waals surface area contributed by atoms with Crippen LogP contribution in [-0.4, -0.2) is 34.0 Å². The van der Waals surface area contributed by atoms with Crippen LogP contribution in [0.15, 0.2) is 47.4 Å². The highest BCUT2D eigenvalue weighted by Gasteiger charge is 2.27. The molecule has 2 aromatic carbocycles. The van der Waals surface area contributed by atoms with E-state index in [0.717, 1.165) is 5.56 Å². The highest BCUT2D eigenvalue weighted by molar-refractivity contribution is 7.89. The van der Waals surface area contributed by atoms with Crippen LogP contribution < -0.4 is 14.2 Å². The van der Waals surface area contributed by atoms with Gasteiger partial charge in [-0.3, -0.25) is 4.79 Å². The molecular weight excluding hydrogens is 342 g/mol. The molecule has 25 heavy (non-hydrogen) atoms.